The molecule has 6 nitrogen and oxygen atoms in total. The fourth-order valence-corrected chi connectivity index (χ4v) is 3.00. The van der Waals surface area contributed by atoms with Crippen LogP contribution in [0.15, 0.2) is 65.1 Å². The van der Waals surface area contributed by atoms with Gasteiger partial charge in [-0.15, -0.1) is 0 Å². The maximum Gasteiger partial charge on any atom is 0.255 e. The average molecular weight is 376 g/mol. The van der Waals surface area contributed by atoms with Crippen LogP contribution < -0.4 is 14.8 Å². The van der Waals surface area contributed by atoms with Gasteiger partial charge in [0, 0.05) is 11.3 Å². The summed E-state index contributed by atoms with van der Waals surface area (Å²) in [4.78, 5) is 16.9. The molecule has 0 saturated heterocycles. The minimum atomic E-state index is -0.412. The minimum absolute atomic E-state index is 0.146. The molecule has 2 heterocycles. The predicted molar refractivity (Wildman–Crippen MR) is 99.9 cm³/mol. The molecular formula is C21H13FN2O4. The highest BCUT2D eigenvalue weighted by Gasteiger charge is 2.17. The Hall–Kier alpha value is -3.87. The lowest BCUT2D eigenvalue weighted by Crippen LogP contribution is -2.11. The van der Waals surface area contributed by atoms with Gasteiger partial charge in [0.15, 0.2) is 17.1 Å². The normalized spacial score (nSPS) is 12.3. The van der Waals surface area contributed by atoms with Gasteiger partial charge in [0.1, 0.15) is 11.3 Å². The summed E-state index contributed by atoms with van der Waals surface area (Å²) in [6.07, 6.45) is 0. The molecule has 1 aliphatic rings. The number of fused-ring (bicyclic) bond motifs is 2. The van der Waals surface area contributed by atoms with Crippen LogP contribution in [0.2, 0.25) is 0 Å². The summed E-state index contributed by atoms with van der Waals surface area (Å²) < 4.78 is 30.1. The van der Waals surface area contributed by atoms with Crippen LogP contribution >= 0.6 is 0 Å². The van der Waals surface area contributed by atoms with Crippen molar-refractivity contribution in [1.82, 2.24) is 4.98 Å². The van der Waals surface area contributed by atoms with E-state index in [1.54, 1.807) is 54.6 Å². The van der Waals surface area contributed by atoms with E-state index in [0.717, 1.165) is 0 Å². The lowest BCUT2D eigenvalue weighted by molar-refractivity contribution is 0.102. The molecule has 4 aromatic rings. The number of nitrogens with zero attached hydrogens (tertiary/aromatic N) is 1. The van der Waals surface area contributed by atoms with Crippen LogP contribution in [0.4, 0.5) is 10.1 Å². The molecule has 0 atom stereocenters. The minimum Gasteiger partial charge on any atom is -0.454 e. The van der Waals surface area contributed by atoms with Crippen LogP contribution in [0.1, 0.15) is 10.4 Å². The standard InChI is InChI=1S/C21H13FN2O4/c22-15-4-2-1-3-14(15)21-24-16-10-13(6-8-17(16)28-21)23-20(25)12-5-7-18-19(9-12)27-11-26-18/h1-10H,11H2,(H,23,25). The van der Waals surface area contributed by atoms with Crippen molar-refractivity contribution in [3.63, 3.8) is 0 Å². The summed E-state index contributed by atoms with van der Waals surface area (Å²) in [5, 5.41) is 2.81. The molecular weight excluding hydrogens is 363 g/mol. The molecule has 0 unspecified atom stereocenters. The van der Waals surface area contributed by atoms with Gasteiger partial charge in [-0.05, 0) is 48.5 Å². The van der Waals surface area contributed by atoms with E-state index in [2.05, 4.69) is 10.3 Å². The number of carbonyl (C=O) groups excluding carboxylic acids is 1. The Kier molecular flexibility index (Phi) is 3.72. The first-order valence-corrected chi connectivity index (χ1v) is 8.54. The topological polar surface area (TPSA) is 73.6 Å². The molecule has 1 N–H and O–H groups in total. The maximum absolute atomic E-state index is 14.0. The van der Waals surface area contributed by atoms with E-state index in [1.807, 2.05) is 0 Å². The zero-order valence-electron chi connectivity index (χ0n) is 14.4. The zero-order valence-corrected chi connectivity index (χ0v) is 14.4. The first kappa shape index (κ1) is 16.3. The van der Waals surface area contributed by atoms with Crippen LogP contribution in [-0.2, 0) is 0 Å². The Morgan fingerprint density at radius 1 is 1.00 bits per heavy atom. The summed E-state index contributed by atoms with van der Waals surface area (Å²) >= 11 is 0. The van der Waals surface area contributed by atoms with Crippen molar-refractivity contribution in [3.8, 4) is 23.0 Å². The number of amides is 1. The Morgan fingerprint density at radius 3 is 2.75 bits per heavy atom. The first-order valence-electron chi connectivity index (χ1n) is 8.54. The van der Waals surface area contributed by atoms with Gasteiger partial charge in [-0.25, -0.2) is 9.37 Å². The quantitative estimate of drug-likeness (QED) is 0.565. The second-order valence-electron chi connectivity index (χ2n) is 6.20. The molecule has 138 valence electrons. The van der Waals surface area contributed by atoms with Crippen molar-refractivity contribution in [2.24, 2.45) is 0 Å². The third kappa shape index (κ3) is 2.83. The number of anilines is 1. The SMILES string of the molecule is O=C(Nc1ccc2oc(-c3ccccc3F)nc2c1)c1ccc2c(c1)OCO2. The molecule has 0 bridgehead atoms. The fourth-order valence-electron chi connectivity index (χ4n) is 3.00. The van der Waals surface area contributed by atoms with Crippen molar-refractivity contribution >= 4 is 22.7 Å². The molecule has 7 heteroatoms. The lowest BCUT2D eigenvalue weighted by Gasteiger charge is -2.05. The van der Waals surface area contributed by atoms with E-state index in [0.29, 0.717) is 33.8 Å². The Morgan fingerprint density at radius 2 is 1.86 bits per heavy atom. The number of halogens is 1. The van der Waals surface area contributed by atoms with Gasteiger partial charge in [-0.3, -0.25) is 4.79 Å². The zero-order chi connectivity index (χ0) is 19.1. The fraction of sp³-hybridized carbons (Fsp3) is 0.0476. The summed E-state index contributed by atoms with van der Waals surface area (Å²) in [5.41, 5.74) is 2.28. The van der Waals surface area contributed by atoms with E-state index >= 15 is 0 Å². The number of benzene rings is 3. The molecule has 1 aliphatic heterocycles. The third-order valence-electron chi connectivity index (χ3n) is 4.38. The highest BCUT2D eigenvalue weighted by atomic mass is 19.1. The first-order chi connectivity index (χ1) is 13.7. The molecule has 0 aliphatic carbocycles. The summed E-state index contributed by atoms with van der Waals surface area (Å²) in [7, 11) is 0. The number of rotatable bonds is 3. The molecule has 0 radical (unpaired) electrons. The molecule has 0 fully saturated rings. The smallest absolute Gasteiger partial charge is 0.255 e. The Balaban J connectivity index is 1.42. The van der Waals surface area contributed by atoms with Gasteiger partial charge in [0.25, 0.3) is 5.91 Å². The van der Waals surface area contributed by atoms with E-state index in [9.17, 15) is 9.18 Å². The van der Waals surface area contributed by atoms with E-state index in [-0.39, 0.29) is 24.2 Å². The number of aromatic nitrogens is 1. The molecule has 0 saturated carbocycles. The van der Waals surface area contributed by atoms with Gasteiger partial charge in [-0.1, -0.05) is 12.1 Å². The highest BCUT2D eigenvalue weighted by Crippen LogP contribution is 2.33. The predicted octanol–water partition coefficient (Wildman–Crippen LogP) is 4.61. The van der Waals surface area contributed by atoms with Crippen LogP contribution in [-0.4, -0.2) is 17.7 Å². The second-order valence-corrected chi connectivity index (χ2v) is 6.20. The molecule has 1 amide bonds. The van der Waals surface area contributed by atoms with Crippen LogP contribution in [0.25, 0.3) is 22.6 Å². The summed E-state index contributed by atoms with van der Waals surface area (Å²) in [6, 6.07) is 16.3. The number of carbonyl (C=O) groups is 1. The Labute approximate surface area is 158 Å². The number of hydrogen-bond acceptors (Lipinski definition) is 5. The van der Waals surface area contributed by atoms with Gasteiger partial charge in [0.2, 0.25) is 12.7 Å². The molecule has 3 aromatic carbocycles. The third-order valence-corrected chi connectivity index (χ3v) is 4.38. The van der Waals surface area contributed by atoms with Gasteiger partial charge in [-0.2, -0.15) is 0 Å². The monoisotopic (exact) mass is 376 g/mol. The number of ether oxygens (including phenoxy) is 2. The summed E-state index contributed by atoms with van der Waals surface area (Å²) in [5.74, 6) is 0.628. The van der Waals surface area contributed by atoms with Crippen molar-refractivity contribution in [2.45, 2.75) is 0 Å². The number of hydrogen-bond donors (Lipinski definition) is 1. The molecule has 1 aromatic heterocycles. The Bertz CT molecular complexity index is 1220. The number of oxazole rings is 1. The van der Waals surface area contributed by atoms with Crippen molar-refractivity contribution in [3.05, 3.63) is 72.0 Å². The second kappa shape index (κ2) is 6.38. The molecule has 5 rings (SSSR count). The van der Waals surface area contributed by atoms with Crippen LogP contribution in [0.3, 0.4) is 0 Å². The van der Waals surface area contributed by atoms with E-state index < -0.39 is 5.82 Å². The van der Waals surface area contributed by atoms with Crippen LogP contribution in [0.5, 0.6) is 11.5 Å². The van der Waals surface area contributed by atoms with Crippen molar-refractivity contribution in [1.29, 1.82) is 0 Å². The van der Waals surface area contributed by atoms with Gasteiger partial charge in [0.05, 0.1) is 5.56 Å². The molecule has 28 heavy (non-hydrogen) atoms. The van der Waals surface area contributed by atoms with Crippen molar-refractivity contribution in [2.75, 3.05) is 12.1 Å². The summed E-state index contributed by atoms with van der Waals surface area (Å²) in [6.45, 7) is 0.146. The highest BCUT2D eigenvalue weighted by molar-refractivity contribution is 6.05. The van der Waals surface area contributed by atoms with Gasteiger partial charge < -0.3 is 19.2 Å². The van der Waals surface area contributed by atoms with E-state index in [4.69, 9.17) is 13.9 Å². The maximum atomic E-state index is 14.0. The largest absolute Gasteiger partial charge is 0.454 e. The van der Waals surface area contributed by atoms with Crippen LogP contribution in [0, 0.1) is 5.82 Å². The number of nitrogens with one attached hydrogen (secondary N) is 1. The van der Waals surface area contributed by atoms with E-state index in [1.165, 1.54) is 6.07 Å². The lowest BCUT2D eigenvalue weighted by atomic mass is 10.2. The molecule has 0 spiro atoms. The van der Waals surface area contributed by atoms with Crippen molar-refractivity contribution < 1.29 is 23.1 Å². The average Bonchev–Trinajstić information content (AvgIpc) is 3.34. The van der Waals surface area contributed by atoms with Gasteiger partial charge >= 0.3 is 0 Å².